The van der Waals surface area contributed by atoms with Gasteiger partial charge in [0.15, 0.2) is 5.76 Å². The maximum Gasteiger partial charge on any atom is 0.289 e. The number of aryl methyl sites for hydroxylation is 1. The number of rotatable bonds is 8. The average Bonchev–Trinajstić information content (AvgIpc) is 3.68. The van der Waals surface area contributed by atoms with Crippen LogP contribution in [0.15, 0.2) is 77.2 Å². The van der Waals surface area contributed by atoms with Crippen LogP contribution in [0.1, 0.15) is 51.8 Å². The van der Waals surface area contributed by atoms with Gasteiger partial charge in [-0.2, -0.15) is 5.26 Å². The van der Waals surface area contributed by atoms with Crippen molar-refractivity contribution in [1.82, 2.24) is 9.80 Å². The van der Waals surface area contributed by atoms with E-state index in [4.69, 9.17) is 14.4 Å². The Hall–Kier alpha value is -4.12. The summed E-state index contributed by atoms with van der Waals surface area (Å²) in [6.07, 6.45) is 2.35. The second kappa shape index (κ2) is 12.2. The SMILES string of the molecule is Cc1c(C(=O)N2CCN(CC(OCc3ccc(C#N)cc3)c3cccc(N4CCCC4)c3)CC2)oc2ccccc12. The molecule has 0 bridgehead atoms. The van der Waals surface area contributed by atoms with Crippen LogP contribution in [0.3, 0.4) is 0 Å². The summed E-state index contributed by atoms with van der Waals surface area (Å²) >= 11 is 0. The van der Waals surface area contributed by atoms with Crippen LogP contribution >= 0.6 is 0 Å². The lowest BCUT2D eigenvalue weighted by Gasteiger charge is -2.36. The first-order chi connectivity index (χ1) is 20.1. The standard InChI is InChI=1S/C34H36N4O3/c1-25-30-9-2-3-10-31(30)41-33(25)34(39)38-19-17-36(18-20-38)23-32(40-24-27-13-11-26(22-35)12-14-27)28-7-6-8-29(21-28)37-15-4-5-16-37/h2-3,6-14,21,32H,4-5,15-20,23-24H2,1H3. The zero-order chi connectivity index (χ0) is 28.2. The number of piperazine rings is 1. The number of benzene rings is 3. The molecular weight excluding hydrogens is 512 g/mol. The molecule has 1 aromatic heterocycles. The van der Waals surface area contributed by atoms with Gasteiger partial charge in [0, 0.05) is 62.5 Å². The molecule has 0 radical (unpaired) electrons. The number of carbonyl (C=O) groups is 1. The highest BCUT2D eigenvalue weighted by atomic mass is 16.5. The van der Waals surface area contributed by atoms with Crippen LogP contribution in [0.5, 0.6) is 0 Å². The van der Waals surface area contributed by atoms with Crippen LogP contribution in [0.25, 0.3) is 11.0 Å². The Labute approximate surface area is 241 Å². The highest BCUT2D eigenvalue weighted by Crippen LogP contribution is 2.29. The zero-order valence-electron chi connectivity index (χ0n) is 23.6. The fourth-order valence-corrected chi connectivity index (χ4v) is 5.91. The number of fused-ring (bicyclic) bond motifs is 1. The Morgan fingerprint density at radius 1 is 0.951 bits per heavy atom. The summed E-state index contributed by atoms with van der Waals surface area (Å²) in [7, 11) is 0. The number of anilines is 1. The quantitative estimate of drug-likeness (QED) is 0.272. The topological polar surface area (TPSA) is 73.0 Å². The fraction of sp³-hybridized carbons (Fsp3) is 0.353. The minimum atomic E-state index is -0.118. The van der Waals surface area contributed by atoms with E-state index >= 15 is 0 Å². The summed E-state index contributed by atoms with van der Waals surface area (Å²) in [6, 6.07) is 26.3. The molecule has 0 saturated carbocycles. The van der Waals surface area contributed by atoms with Gasteiger partial charge in [-0.25, -0.2) is 0 Å². The molecule has 2 fully saturated rings. The monoisotopic (exact) mass is 548 g/mol. The van der Waals surface area contributed by atoms with E-state index in [1.165, 1.54) is 24.1 Å². The van der Waals surface area contributed by atoms with Gasteiger partial charge in [0.1, 0.15) is 5.58 Å². The lowest BCUT2D eigenvalue weighted by molar-refractivity contribution is 0.00313. The number of nitriles is 1. The first-order valence-corrected chi connectivity index (χ1v) is 14.5. The number of carbonyl (C=O) groups excluding carboxylic acids is 1. The molecule has 6 rings (SSSR count). The van der Waals surface area contributed by atoms with Crippen molar-refractivity contribution < 1.29 is 13.9 Å². The van der Waals surface area contributed by atoms with Crippen molar-refractivity contribution in [2.75, 3.05) is 50.7 Å². The highest BCUT2D eigenvalue weighted by Gasteiger charge is 2.28. The largest absolute Gasteiger partial charge is 0.451 e. The zero-order valence-corrected chi connectivity index (χ0v) is 23.6. The van der Waals surface area contributed by atoms with Crippen molar-refractivity contribution in [1.29, 1.82) is 5.26 Å². The maximum atomic E-state index is 13.4. The molecule has 0 N–H and O–H groups in total. The Kier molecular flexibility index (Phi) is 8.04. The summed E-state index contributed by atoms with van der Waals surface area (Å²) in [4.78, 5) is 20.1. The molecule has 1 amide bonds. The summed E-state index contributed by atoms with van der Waals surface area (Å²) in [6.45, 7) is 8.20. The van der Waals surface area contributed by atoms with Crippen LogP contribution in [0, 0.1) is 18.3 Å². The van der Waals surface area contributed by atoms with Crippen molar-refractivity contribution in [2.45, 2.75) is 32.5 Å². The highest BCUT2D eigenvalue weighted by molar-refractivity contribution is 5.99. The third-order valence-corrected chi connectivity index (χ3v) is 8.37. The number of furan rings is 1. The summed E-state index contributed by atoms with van der Waals surface area (Å²) in [5.41, 5.74) is 5.77. The van der Waals surface area contributed by atoms with Crippen LogP contribution in [-0.4, -0.2) is 61.5 Å². The maximum absolute atomic E-state index is 13.4. The molecule has 2 aliphatic heterocycles. The van der Waals surface area contributed by atoms with Gasteiger partial charge in [0.2, 0.25) is 0 Å². The molecule has 41 heavy (non-hydrogen) atoms. The molecule has 1 unspecified atom stereocenters. The molecular formula is C34H36N4O3. The molecule has 2 saturated heterocycles. The van der Waals surface area contributed by atoms with Gasteiger partial charge in [0.25, 0.3) is 5.91 Å². The Morgan fingerprint density at radius 3 is 2.44 bits per heavy atom. The lowest BCUT2D eigenvalue weighted by atomic mass is 10.1. The van der Waals surface area contributed by atoms with Crippen LogP contribution in [-0.2, 0) is 11.3 Å². The number of ether oxygens (including phenoxy) is 1. The van der Waals surface area contributed by atoms with Gasteiger partial charge in [-0.15, -0.1) is 0 Å². The summed E-state index contributed by atoms with van der Waals surface area (Å²) in [5.74, 6) is 0.410. The van der Waals surface area contributed by atoms with E-state index < -0.39 is 0 Å². The van der Waals surface area contributed by atoms with E-state index in [-0.39, 0.29) is 12.0 Å². The Morgan fingerprint density at radius 2 is 1.71 bits per heavy atom. The third-order valence-electron chi connectivity index (χ3n) is 8.37. The number of nitrogens with zero attached hydrogens (tertiary/aromatic N) is 4. The van der Waals surface area contributed by atoms with Crippen molar-refractivity contribution in [3.05, 3.63) is 101 Å². The van der Waals surface area contributed by atoms with Gasteiger partial charge in [-0.1, -0.05) is 42.5 Å². The Balaban J connectivity index is 1.14. The van der Waals surface area contributed by atoms with Gasteiger partial charge >= 0.3 is 0 Å². The molecule has 7 nitrogen and oxygen atoms in total. The third kappa shape index (κ3) is 6.00. The Bertz CT molecular complexity index is 1540. The molecule has 1 atom stereocenters. The molecule has 0 spiro atoms. The van der Waals surface area contributed by atoms with Crippen molar-refractivity contribution in [3.8, 4) is 6.07 Å². The van der Waals surface area contributed by atoms with Crippen LogP contribution in [0.2, 0.25) is 0 Å². The minimum Gasteiger partial charge on any atom is -0.451 e. The molecule has 2 aliphatic rings. The van der Waals surface area contributed by atoms with Gasteiger partial charge in [-0.05, 0) is 61.2 Å². The van der Waals surface area contributed by atoms with E-state index in [1.54, 1.807) is 0 Å². The summed E-state index contributed by atoms with van der Waals surface area (Å²) in [5, 5.41) is 10.1. The lowest BCUT2D eigenvalue weighted by Crippen LogP contribution is -2.49. The van der Waals surface area contributed by atoms with Crippen molar-refractivity contribution >= 4 is 22.6 Å². The normalized spacial score (nSPS) is 16.7. The number of amides is 1. The second-order valence-corrected chi connectivity index (χ2v) is 11.0. The van der Waals surface area contributed by atoms with Crippen molar-refractivity contribution in [2.24, 2.45) is 0 Å². The predicted molar refractivity (Wildman–Crippen MR) is 160 cm³/mol. The van der Waals surface area contributed by atoms with E-state index in [1.807, 2.05) is 60.4 Å². The van der Waals surface area contributed by atoms with Gasteiger partial charge < -0.3 is 19.0 Å². The average molecular weight is 549 g/mol. The molecule has 0 aliphatic carbocycles. The first kappa shape index (κ1) is 27.1. The van der Waals surface area contributed by atoms with Crippen LogP contribution < -0.4 is 4.90 Å². The molecule has 3 aromatic carbocycles. The van der Waals surface area contributed by atoms with Crippen LogP contribution in [0.4, 0.5) is 5.69 Å². The second-order valence-electron chi connectivity index (χ2n) is 11.0. The van der Waals surface area contributed by atoms with E-state index in [2.05, 4.69) is 40.1 Å². The summed E-state index contributed by atoms with van der Waals surface area (Å²) < 4.78 is 12.5. The molecule has 4 aromatic rings. The number of para-hydroxylation sites is 1. The van der Waals surface area contributed by atoms with E-state index in [9.17, 15) is 4.79 Å². The minimum absolute atomic E-state index is 0.0368. The first-order valence-electron chi connectivity index (χ1n) is 14.5. The fourth-order valence-electron chi connectivity index (χ4n) is 5.91. The van der Waals surface area contributed by atoms with Gasteiger partial charge in [0.05, 0.1) is 24.3 Å². The molecule has 7 heteroatoms. The van der Waals surface area contributed by atoms with E-state index in [0.717, 1.165) is 54.8 Å². The molecule has 3 heterocycles. The molecule has 210 valence electrons. The number of hydrogen-bond acceptors (Lipinski definition) is 6. The van der Waals surface area contributed by atoms with E-state index in [0.29, 0.717) is 31.0 Å². The predicted octanol–water partition coefficient (Wildman–Crippen LogP) is 5.93. The van der Waals surface area contributed by atoms with Crippen molar-refractivity contribution in [3.63, 3.8) is 0 Å². The smallest absolute Gasteiger partial charge is 0.289 e. The number of hydrogen-bond donors (Lipinski definition) is 0. The van der Waals surface area contributed by atoms with Gasteiger partial charge in [-0.3, -0.25) is 9.69 Å².